The lowest BCUT2D eigenvalue weighted by Crippen LogP contribution is -2.40. The number of alkyl halides is 2. The van der Waals surface area contributed by atoms with E-state index in [-0.39, 0.29) is 5.41 Å². The zero-order valence-electron chi connectivity index (χ0n) is 13.7. The fraction of sp³-hybridized carbons (Fsp3) is 0.579. The zero-order valence-corrected chi connectivity index (χ0v) is 16.1. The Bertz CT molecular complexity index is 494. The normalized spacial score (nSPS) is 26.7. The van der Waals surface area contributed by atoms with E-state index in [1.807, 2.05) is 24.3 Å². The predicted octanol–water partition coefficient (Wildman–Crippen LogP) is 7.32. The second kappa shape index (κ2) is 6.79. The molecule has 0 amide bonds. The summed E-state index contributed by atoms with van der Waals surface area (Å²) in [5.74, 6) is 0.728. The number of benzene rings is 1. The third-order valence-electron chi connectivity index (χ3n) is 5.06. The maximum Gasteiger partial charge on any atom is 0.176 e. The molecule has 1 aromatic rings. The molecule has 0 spiro atoms. The number of hydrogen-bond acceptors (Lipinski definition) is 1. The van der Waals surface area contributed by atoms with Crippen LogP contribution in [-0.4, -0.2) is 3.67 Å². The molecular formula is C19H26Cl2S. The highest BCUT2D eigenvalue weighted by Gasteiger charge is 2.50. The first-order valence-electron chi connectivity index (χ1n) is 7.96. The molecule has 0 radical (unpaired) electrons. The first-order chi connectivity index (χ1) is 10.2. The topological polar surface area (TPSA) is 0 Å². The predicted molar refractivity (Wildman–Crippen MR) is 101 cm³/mol. The van der Waals surface area contributed by atoms with Crippen molar-refractivity contribution in [2.24, 2.45) is 16.7 Å². The summed E-state index contributed by atoms with van der Waals surface area (Å²) in [5.41, 5.74) is 0.125. The van der Waals surface area contributed by atoms with Gasteiger partial charge in [0.15, 0.2) is 3.67 Å². The summed E-state index contributed by atoms with van der Waals surface area (Å²) < 4.78 is -0.876. The van der Waals surface area contributed by atoms with Crippen molar-refractivity contribution < 1.29 is 0 Å². The number of rotatable bonds is 4. The van der Waals surface area contributed by atoms with Crippen molar-refractivity contribution in [2.45, 2.75) is 55.0 Å². The van der Waals surface area contributed by atoms with Gasteiger partial charge in [0.05, 0.1) is 0 Å². The molecule has 22 heavy (non-hydrogen) atoms. The van der Waals surface area contributed by atoms with Gasteiger partial charge >= 0.3 is 0 Å². The van der Waals surface area contributed by atoms with Crippen LogP contribution in [0.15, 0.2) is 47.9 Å². The van der Waals surface area contributed by atoms with Gasteiger partial charge in [-0.2, -0.15) is 0 Å². The average Bonchev–Trinajstić information content (AvgIpc) is 2.46. The Hall–Kier alpha value is -0.110. The van der Waals surface area contributed by atoms with E-state index >= 15 is 0 Å². The molecule has 3 heteroatoms. The van der Waals surface area contributed by atoms with Crippen LogP contribution < -0.4 is 0 Å². The third kappa shape index (κ3) is 3.86. The Labute approximate surface area is 149 Å². The molecule has 1 fully saturated rings. The molecule has 1 aliphatic rings. The van der Waals surface area contributed by atoms with E-state index < -0.39 is 3.67 Å². The largest absolute Gasteiger partial charge is 0.176 e. The van der Waals surface area contributed by atoms with E-state index in [1.54, 1.807) is 11.8 Å². The second-order valence-corrected chi connectivity index (χ2v) is 10.5. The highest BCUT2D eigenvalue weighted by atomic mass is 35.5. The van der Waals surface area contributed by atoms with Crippen molar-refractivity contribution in [1.82, 2.24) is 0 Å². The summed E-state index contributed by atoms with van der Waals surface area (Å²) in [7, 11) is 0. The Balaban J connectivity index is 2.15. The Morgan fingerprint density at radius 2 is 1.68 bits per heavy atom. The summed E-state index contributed by atoms with van der Waals surface area (Å²) in [6.07, 6.45) is 6.33. The number of hydrogen-bond donors (Lipinski definition) is 0. The number of halogens is 2. The molecule has 0 bridgehead atoms. The summed E-state index contributed by atoms with van der Waals surface area (Å²) in [5, 5.41) is 0. The highest BCUT2D eigenvalue weighted by molar-refractivity contribution is 8.03. The molecule has 0 atom stereocenters. The fourth-order valence-electron chi connectivity index (χ4n) is 3.35. The van der Waals surface area contributed by atoms with E-state index in [0.717, 1.165) is 36.5 Å². The summed E-state index contributed by atoms with van der Waals surface area (Å²) in [6.45, 7) is 11.0. The lowest BCUT2D eigenvalue weighted by Gasteiger charge is -2.47. The molecule has 0 N–H and O–H groups in total. The van der Waals surface area contributed by atoms with Crippen LogP contribution in [0.1, 0.15) is 46.5 Å². The maximum atomic E-state index is 6.83. The van der Waals surface area contributed by atoms with Crippen molar-refractivity contribution in [2.75, 3.05) is 0 Å². The van der Waals surface area contributed by atoms with E-state index in [0.29, 0.717) is 5.41 Å². The van der Waals surface area contributed by atoms with Gasteiger partial charge in [-0.1, -0.05) is 80.0 Å². The molecule has 2 rings (SSSR count). The molecule has 1 aliphatic carbocycles. The molecule has 0 aliphatic heterocycles. The lowest BCUT2D eigenvalue weighted by molar-refractivity contribution is 0.120. The number of thioether (sulfide) groups is 1. The SMILES string of the molecule is C=CC1(C(Cl)(Cl)Sc2ccccc2)CCC(C(C)(C)C)CC1. The molecule has 0 unspecified atom stereocenters. The summed E-state index contributed by atoms with van der Waals surface area (Å²) in [4.78, 5) is 1.10. The lowest BCUT2D eigenvalue weighted by atomic mass is 9.64. The molecule has 0 nitrogen and oxygen atoms in total. The Morgan fingerprint density at radius 3 is 2.14 bits per heavy atom. The van der Waals surface area contributed by atoms with Gasteiger partial charge in [0.25, 0.3) is 0 Å². The maximum absolute atomic E-state index is 6.83. The van der Waals surface area contributed by atoms with Gasteiger partial charge in [-0.05, 0) is 49.1 Å². The minimum atomic E-state index is -0.876. The standard InChI is InChI=1S/C19H26Cl2S/c1-5-18(13-11-15(12-14-18)17(2,3)4)19(20,21)22-16-9-7-6-8-10-16/h5-10,15H,1,11-14H2,2-4H3. The fourth-order valence-corrected chi connectivity index (χ4v) is 5.50. The average molecular weight is 357 g/mol. The molecular weight excluding hydrogens is 331 g/mol. The summed E-state index contributed by atoms with van der Waals surface area (Å²) in [6, 6.07) is 10.2. The third-order valence-corrected chi connectivity index (χ3v) is 7.45. The van der Waals surface area contributed by atoms with Crippen LogP contribution in [-0.2, 0) is 0 Å². The minimum absolute atomic E-state index is 0.224. The van der Waals surface area contributed by atoms with Gasteiger partial charge in [-0.3, -0.25) is 0 Å². The van der Waals surface area contributed by atoms with Gasteiger partial charge in [0.1, 0.15) is 0 Å². The van der Waals surface area contributed by atoms with Gasteiger partial charge in [-0.15, -0.1) is 6.58 Å². The first kappa shape index (κ1) is 18.2. The zero-order chi connectivity index (χ0) is 16.4. The second-order valence-electron chi connectivity index (χ2n) is 7.43. The van der Waals surface area contributed by atoms with E-state index in [1.165, 1.54) is 0 Å². The Kier molecular flexibility index (Phi) is 5.63. The van der Waals surface area contributed by atoms with Crippen LogP contribution in [0.25, 0.3) is 0 Å². The van der Waals surface area contributed by atoms with Gasteiger partial charge < -0.3 is 0 Å². The molecule has 0 saturated heterocycles. The van der Waals surface area contributed by atoms with Crippen molar-refractivity contribution in [3.8, 4) is 0 Å². The quantitative estimate of drug-likeness (QED) is 0.309. The van der Waals surface area contributed by atoms with Crippen LogP contribution in [0.3, 0.4) is 0 Å². The van der Waals surface area contributed by atoms with E-state index in [2.05, 4.69) is 39.5 Å². The van der Waals surface area contributed by atoms with Crippen molar-refractivity contribution in [1.29, 1.82) is 0 Å². The molecule has 122 valence electrons. The van der Waals surface area contributed by atoms with Crippen molar-refractivity contribution >= 4 is 35.0 Å². The smallest absolute Gasteiger partial charge is 0.102 e. The van der Waals surface area contributed by atoms with Crippen LogP contribution in [0, 0.1) is 16.7 Å². The molecule has 1 saturated carbocycles. The van der Waals surface area contributed by atoms with Gasteiger partial charge in [0, 0.05) is 10.3 Å². The van der Waals surface area contributed by atoms with Gasteiger partial charge in [0.2, 0.25) is 0 Å². The van der Waals surface area contributed by atoms with Crippen LogP contribution >= 0.6 is 35.0 Å². The Morgan fingerprint density at radius 1 is 1.14 bits per heavy atom. The van der Waals surface area contributed by atoms with E-state index in [9.17, 15) is 0 Å². The van der Waals surface area contributed by atoms with E-state index in [4.69, 9.17) is 23.2 Å². The number of allylic oxidation sites excluding steroid dienone is 1. The van der Waals surface area contributed by atoms with Crippen LogP contribution in [0.2, 0.25) is 0 Å². The van der Waals surface area contributed by atoms with Crippen LogP contribution in [0.5, 0.6) is 0 Å². The van der Waals surface area contributed by atoms with Crippen molar-refractivity contribution in [3.63, 3.8) is 0 Å². The summed E-state index contributed by atoms with van der Waals surface area (Å²) >= 11 is 15.2. The van der Waals surface area contributed by atoms with Crippen molar-refractivity contribution in [3.05, 3.63) is 43.0 Å². The first-order valence-corrected chi connectivity index (χ1v) is 9.53. The molecule has 0 aromatic heterocycles. The monoisotopic (exact) mass is 356 g/mol. The molecule has 1 aromatic carbocycles. The highest BCUT2D eigenvalue weighted by Crippen LogP contribution is 2.60. The van der Waals surface area contributed by atoms with Gasteiger partial charge in [-0.25, -0.2) is 0 Å². The van der Waals surface area contributed by atoms with Crippen LogP contribution in [0.4, 0.5) is 0 Å². The molecule has 0 heterocycles. The minimum Gasteiger partial charge on any atom is -0.102 e.